The topological polar surface area (TPSA) is 71.5 Å². The van der Waals surface area contributed by atoms with Gasteiger partial charge >= 0.3 is 0 Å². The molecule has 0 saturated heterocycles. The van der Waals surface area contributed by atoms with Gasteiger partial charge in [0.15, 0.2) is 0 Å². The lowest BCUT2D eigenvalue weighted by molar-refractivity contribution is -0.135. The lowest BCUT2D eigenvalue weighted by Crippen LogP contribution is -2.32. The van der Waals surface area contributed by atoms with Crippen molar-refractivity contribution in [3.8, 4) is 11.5 Å². The Morgan fingerprint density at radius 1 is 0.943 bits per heavy atom. The predicted octanol–water partition coefficient (Wildman–Crippen LogP) is 2.88. The average Bonchev–Trinajstić information content (AvgIpc) is 2.80. The SMILES string of the molecule is COc1cc(C)c(S(=O)N(C)CCOCC(=O)N(C)Cc2cccc(OCCN(C)C)c2)c(C)c1. The summed E-state index contributed by atoms with van der Waals surface area (Å²) in [6.07, 6.45) is 0. The van der Waals surface area contributed by atoms with Crippen LogP contribution in [0.2, 0.25) is 0 Å². The highest BCUT2D eigenvalue weighted by atomic mass is 32.2. The van der Waals surface area contributed by atoms with Gasteiger partial charge < -0.3 is 24.0 Å². The highest BCUT2D eigenvalue weighted by Crippen LogP contribution is 2.25. The molecule has 9 heteroatoms. The summed E-state index contributed by atoms with van der Waals surface area (Å²) in [6, 6.07) is 11.5. The number of hydrogen-bond donors (Lipinski definition) is 0. The molecule has 0 saturated carbocycles. The molecule has 0 fully saturated rings. The van der Waals surface area contributed by atoms with Gasteiger partial charge in [0.2, 0.25) is 5.91 Å². The molecule has 0 aliphatic carbocycles. The molecule has 2 aromatic rings. The van der Waals surface area contributed by atoms with E-state index in [1.165, 1.54) is 0 Å². The first kappa shape index (κ1) is 28.8. The van der Waals surface area contributed by atoms with Gasteiger partial charge in [-0.05, 0) is 68.9 Å². The second kappa shape index (κ2) is 14.2. The molecule has 0 spiro atoms. The maximum Gasteiger partial charge on any atom is 0.248 e. The van der Waals surface area contributed by atoms with Crippen LogP contribution in [-0.4, -0.2) is 92.4 Å². The van der Waals surface area contributed by atoms with Crippen molar-refractivity contribution in [3.63, 3.8) is 0 Å². The largest absolute Gasteiger partial charge is 0.497 e. The van der Waals surface area contributed by atoms with Crippen molar-refractivity contribution in [1.29, 1.82) is 0 Å². The maximum absolute atomic E-state index is 13.0. The first-order chi connectivity index (χ1) is 16.6. The van der Waals surface area contributed by atoms with Crippen LogP contribution in [0.3, 0.4) is 0 Å². The number of aryl methyl sites for hydroxylation is 2. The maximum atomic E-state index is 13.0. The Morgan fingerprint density at radius 2 is 1.63 bits per heavy atom. The fraction of sp³-hybridized carbons (Fsp3) is 0.500. The number of nitrogens with zero attached hydrogens (tertiary/aromatic N) is 3. The predicted molar refractivity (Wildman–Crippen MR) is 139 cm³/mol. The summed E-state index contributed by atoms with van der Waals surface area (Å²) in [5.41, 5.74) is 2.82. The molecular formula is C26H39N3O5S. The molecule has 2 aromatic carbocycles. The van der Waals surface area contributed by atoms with Gasteiger partial charge in [-0.2, -0.15) is 0 Å². The van der Waals surface area contributed by atoms with E-state index < -0.39 is 11.0 Å². The van der Waals surface area contributed by atoms with Crippen LogP contribution in [0.15, 0.2) is 41.3 Å². The van der Waals surface area contributed by atoms with Crippen molar-refractivity contribution >= 4 is 16.9 Å². The average molecular weight is 506 g/mol. The smallest absolute Gasteiger partial charge is 0.248 e. The Morgan fingerprint density at radius 3 is 2.26 bits per heavy atom. The third-order valence-corrected chi connectivity index (χ3v) is 7.20. The second-order valence-electron chi connectivity index (χ2n) is 8.79. The third-order valence-electron chi connectivity index (χ3n) is 5.45. The molecule has 2 rings (SSSR count). The Balaban J connectivity index is 1.78. The molecule has 35 heavy (non-hydrogen) atoms. The van der Waals surface area contributed by atoms with E-state index >= 15 is 0 Å². The number of ether oxygens (including phenoxy) is 3. The quantitative estimate of drug-likeness (QED) is 0.368. The van der Waals surface area contributed by atoms with Crippen LogP contribution in [-0.2, 0) is 27.1 Å². The standard InChI is InChI=1S/C26H39N3O5S/c1-20-15-24(32-7)16-21(2)26(20)35(31)29(6)12-13-33-19-25(30)28(5)18-22-9-8-10-23(17-22)34-14-11-27(3)4/h8-10,15-17H,11-14,18-19H2,1-7H3. The Hall–Kier alpha value is -2.46. The molecule has 0 aliphatic heterocycles. The van der Waals surface area contributed by atoms with Crippen molar-refractivity contribution in [2.75, 3.05) is 68.2 Å². The zero-order valence-electron chi connectivity index (χ0n) is 22.0. The van der Waals surface area contributed by atoms with Crippen LogP contribution in [0, 0.1) is 13.8 Å². The van der Waals surface area contributed by atoms with Crippen molar-refractivity contribution in [1.82, 2.24) is 14.1 Å². The molecule has 8 nitrogen and oxygen atoms in total. The van der Waals surface area contributed by atoms with Gasteiger partial charge in [-0.25, -0.2) is 8.51 Å². The monoisotopic (exact) mass is 505 g/mol. The summed E-state index contributed by atoms with van der Waals surface area (Å²) in [5.74, 6) is 1.42. The fourth-order valence-corrected chi connectivity index (χ4v) is 4.67. The number of carbonyl (C=O) groups is 1. The Kier molecular flexibility index (Phi) is 11.7. The van der Waals surface area contributed by atoms with Crippen LogP contribution in [0.25, 0.3) is 0 Å². The molecule has 1 unspecified atom stereocenters. The van der Waals surface area contributed by atoms with Crippen molar-refractivity contribution < 1.29 is 23.2 Å². The fourth-order valence-electron chi connectivity index (χ4n) is 3.45. The van der Waals surface area contributed by atoms with Gasteiger partial charge in [-0.15, -0.1) is 0 Å². The zero-order chi connectivity index (χ0) is 26.0. The van der Waals surface area contributed by atoms with E-state index in [2.05, 4.69) is 4.90 Å². The highest BCUT2D eigenvalue weighted by Gasteiger charge is 2.17. The van der Waals surface area contributed by atoms with Gasteiger partial charge in [0.1, 0.15) is 35.7 Å². The third kappa shape index (κ3) is 9.25. The summed E-state index contributed by atoms with van der Waals surface area (Å²) >= 11 is 0. The number of rotatable bonds is 14. The minimum Gasteiger partial charge on any atom is -0.497 e. The van der Waals surface area contributed by atoms with E-state index in [0.717, 1.165) is 39.6 Å². The summed E-state index contributed by atoms with van der Waals surface area (Å²) in [5, 5.41) is 0. The van der Waals surface area contributed by atoms with Gasteiger partial charge in [0, 0.05) is 33.7 Å². The number of carbonyl (C=O) groups excluding carboxylic acids is 1. The number of amides is 1. The summed E-state index contributed by atoms with van der Waals surface area (Å²) in [6.45, 7) is 6.45. The van der Waals surface area contributed by atoms with Crippen LogP contribution >= 0.6 is 0 Å². The van der Waals surface area contributed by atoms with Crippen LogP contribution < -0.4 is 9.47 Å². The zero-order valence-corrected chi connectivity index (χ0v) is 22.8. The van der Waals surface area contributed by atoms with E-state index in [0.29, 0.717) is 26.3 Å². The van der Waals surface area contributed by atoms with Gasteiger partial charge in [-0.1, -0.05) is 12.1 Å². The minimum atomic E-state index is -1.33. The Labute approximate surface area is 212 Å². The summed E-state index contributed by atoms with van der Waals surface area (Å²) < 4.78 is 31.4. The molecule has 1 atom stereocenters. The van der Waals surface area contributed by atoms with E-state index in [1.807, 2.05) is 64.3 Å². The second-order valence-corrected chi connectivity index (χ2v) is 10.3. The van der Waals surface area contributed by atoms with E-state index in [9.17, 15) is 9.00 Å². The van der Waals surface area contributed by atoms with Crippen LogP contribution in [0.1, 0.15) is 16.7 Å². The number of methoxy groups -OCH3 is 1. The molecule has 0 heterocycles. The van der Waals surface area contributed by atoms with E-state index in [1.54, 1.807) is 30.4 Å². The molecule has 0 radical (unpaired) electrons. The van der Waals surface area contributed by atoms with Gasteiger partial charge in [0.05, 0.1) is 18.6 Å². The van der Waals surface area contributed by atoms with E-state index in [4.69, 9.17) is 14.2 Å². The molecular weight excluding hydrogens is 466 g/mol. The lowest BCUT2D eigenvalue weighted by atomic mass is 10.1. The first-order valence-electron chi connectivity index (χ1n) is 11.6. The molecule has 0 aromatic heterocycles. The molecule has 194 valence electrons. The lowest BCUT2D eigenvalue weighted by Gasteiger charge is -2.20. The normalized spacial score (nSPS) is 12.1. The Bertz CT molecular complexity index is 976. The molecule has 0 aliphatic rings. The van der Waals surface area contributed by atoms with Gasteiger partial charge in [-0.3, -0.25) is 4.79 Å². The van der Waals surface area contributed by atoms with Gasteiger partial charge in [0.25, 0.3) is 0 Å². The van der Waals surface area contributed by atoms with E-state index in [-0.39, 0.29) is 12.5 Å². The van der Waals surface area contributed by atoms with Crippen LogP contribution in [0.4, 0.5) is 0 Å². The minimum absolute atomic E-state index is 0.0312. The van der Waals surface area contributed by atoms with Crippen molar-refractivity contribution in [3.05, 3.63) is 53.1 Å². The van der Waals surface area contributed by atoms with Crippen LogP contribution in [0.5, 0.6) is 11.5 Å². The van der Waals surface area contributed by atoms with Crippen molar-refractivity contribution in [2.45, 2.75) is 25.3 Å². The molecule has 0 N–H and O–H groups in total. The molecule has 0 bridgehead atoms. The number of likely N-dealkylation sites (N-methyl/N-ethyl adjacent to an activating group) is 3. The molecule has 1 amide bonds. The number of benzene rings is 2. The summed E-state index contributed by atoms with van der Waals surface area (Å²) in [4.78, 5) is 17.0. The van der Waals surface area contributed by atoms with Crippen molar-refractivity contribution in [2.24, 2.45) is 0 Å². The first-order valence-corrected chi connectivity index (χ1v) is 12.7. The summed E-state index contributed by atoms with van der Waals surface area (Å²) in [7, 11) is 7.83. The number of hydrogen-bond acceptors (Lipinski definition) is 6. The highest BCUT2D eigenvalue weighted by molar-refractivity contribution is 7.82.